The van der Waals surface area contributed by atoms with Crippen LogP contribution in [0, 0.1) is 17.2 Å². The Kier molecular flexibility index (Phi) is 4.69. The van der Waals surface area contributed by atoms with Crippen LogP contribution in [0.1, 0.15) is 38.1 Å². The number of ketones is 1. The molecule has 0 saturated heterocycles. The van der Waals surface area contributed by atoms with E-state index in [9.17, 15) is 18.5 Å². The SMILES string of the molecule is CC(=O)c1cccc(S(=O)(=O)N[C@@](C)(C#N)C(C)C)c1. The van der Waals surface area contributed by atoms with E-state index in [2.05, 4.69) is 4.72 Å². The number of nitrogens with zero attached hydrogens (tertiary/aromatic N) is 1. The fraction of sp³-hybridized carbons (Fsp3) is 0.429. The molecule has 108 valence electrons. The van der Waals surface area contributed by atoms with E-state index in [1.807, 2.05) is 6.07 Å². The monoisotopic (exact) mass is 294 g/mol. The highest BCUT2D eigenvalue weighted by atomic mass is 32.2. The molecule has 0 bridgehead atoms. The van der Waals surface area contributed by atoms with Gasteiger partial charge in [0.2, 0.25) is 10.0 Å². The molecule has 0 heterocycles. The lowest BCUT2D eigenvalue weighted by Crippen LogP contribution is -2.48. The molecule has 1 atom stereocenters. The summed E-state index contributed by atoms with van der Waals surface area (Å²) in [6.07, 6.45) is 0. The number of hydrogen-bond donors (Lipinski definition) is 1. The molecule has 0 aliphatic heterocycles. The maximum absolute atomic E-state index is 12.3. The van der Waals surface area contributed by atoms with Crippen LogP contribution in [0.5, 0.6) is 0 Å². The number of nitriles is 1. The van der Waals surface area contributed by atoms with E-state index in [0.29, 0.717) is 5.56 Å². The first kappa shape index (κ1) is 16.3. The Bertz CT molecular complexity index is 659. The molecule has 20 heavy (non-hydrogen) atoms. The summed E-state index contributed by atoms with van der Waals surface area (Å²) in [6.45, 7) is 6.42. The fourth-order valence-corrected chi connectivity index (χ4v) is 2.99. The first-order valence-corrected chi connectivity index (χ1v) is 7.67. The zero-order valence-electron chi connectivity index (χ0n) is 12.0. The van der Waals surface area contributed by atoms with Crippen molar-refractivity contribution >= 4 is 15.8 Å². The average Bonchev–Trinajstić information content (AvgIpc) is 2.38. The fourth-order valence-electron chi connectivity index (χ4n) is 1.49. The van der Waals surface area contributed by atoms with E-state index < -0.39 is 15.6 Å². The molecule has 0 aliphatic carbocycles. The molecule has 6 heteroatoms. The van der Waals surface area contributed by atoms with Gasteiger partial charge in [-0.15, -0.1) is 0 Å². The van der Waals surface area contributed by atoms with Gasteiger partial charge >= 0.3 is 0 Å². The molecule has 0 amide bonds. The Morgan fingerprint density at radius 2 is 2.00 bits per heavy atom. The quantitative estimate of drug-likeness (QED) is 0.842. The maximum Gasteiger partial charge on any atom is 0.241 e. The summed E-state index contributed by atoms with van der Waals surface area (Å²) in [5.74, 6) is -0.410. The van der Waals surface area contributed by atoms with Crippen molar-refractivity contribution in [2.45, 2.75) is 38.1 Å². The van der Waals surface area contributed by atoms with Gasteiger partial charge in [0.05, 0.1) is 11.0 Å². The molecule has 0 fully saturated rings. The van der Waals surface area contributed by atoms with Crippen molar-refractivity contribution < 1.29 is 13.2 Å². The Morgan fingerprint density at radius 1 is 1.40 bits per heavy atom. The predicted octanol–water partition coefficient (Wildman–Crippen LogP) is 2.11. The van der Waals surface area contributed by atoms with Gasteiger partial charge in [0, 0.05) is 5.56 Å². The normalized spacial score (nSPS) is 14.6. The Balaban J connectivity index is 3.22. The third-order valence-electron chi connectivity index (χ3n) is 3.28. The topological polar surface area (TPSA) is 87.0 Å². The smallest absolute Gasteiger partial charge is 0.241 e. The zero-order chi connectivity index (χ0) is 15.6. The van der Waals surface area contributed by atoms with Crippen LogP contribution in [0.15, 0.2) is 29.2 Å². The molecular weight excluding hydrogens is 276 g/mol. The van der Waals surface area contributed by atoms with Gasteiger partial charge in [0.15, 0.2) is 5.78 Å². The van der Waals surface area contributed by atoms with E-state index in [0.717, 1.165) is 0 Å². The number of carbonyl (C=O) groups is 1. The second-order valence-corrected chi connectivity index (χ2v) is 6.84. The minimum Gasteiger partial charge on any atom is -0.295 e. The second-order valence-electron chi connectivity index (χ2n) is 5.16. The highest BCUT2D eigenvalue weighted by molar-refractivity contribution is 7.89. The molecular formula is C14H18N2O3S. The number of nitrogens with one attached hydrogen (secondary N) is 1. The van der Waals surface area contributed by atoms with Gasteiger partial charge in [-0.2, -0.15) is 9.98 Å². The molecule has 1 N–H and O–H groups in total. The van der Waals surface area contributed by atoms with E-state index in [1.165, 1.54) is 32.0 Å². The summed E-state index contributed by atoms with van der Waals surface area (Å²) >= 11 is 0. The number of rotatable bonds is 5. The number of carbonyl (C=O) groups excluding carboxylic acids is 1. The molecule has 0 saturated carbocycles. The van der Waals surface area contributed by atoms with Crippen molar-refractivity contribution in [1.29, 1.82) is 5.26 Å². The van der Waals surface area contributed by atoms with Crippen LogP contribution in [-0.4, -0.2) is 19.7 Å². The van der Waals surface area contributed by atoms with Crippen molar-refractivity contribution in [1.82, 2.24) is 4.72 Å². The van der Waals surface area contributed by atoms with Gasteiger partial charge in [-0.05, 0) is 31.9 Å². The van der Waals surface area contributed by atoms with Gasteiger partial charge in [-0.25, -0.2) is 8.42 Å². The van der Waals surface area contributed by atoms with Crippen molar-refractivity contribution in [2.75, 3.05) is 0 Å². The molecule has 0 spiro atoms. The molecule has 0 aliphatic rings. The summed E-state index contributed by atoms with van der Waals surface area (Å²) in [5.41, 5.74) is -0.887. The lowest BCUT2D eigenvalue weighted by atomic mass is 9.92. The van der Waals surface area contributed by atoms with Crippen molar-refractivity contribution in [2.24, 2.45) is 5.92 Å². The van der Waals surface area contributed by atoms with Crippen LogP contribution in [0.25, 0.3) is 0 Å². The molecule has 0 aromatic heterocycles. The number of benzene rings is 1. The van der Waals surface area contributed by atoms with Gasteiger partial charge < -0.3 is 0 Å². The largest absolute Gasteiger partial charge is 0.295 e. The minimum absolute atomic E-state index is 0.0210. The summed E-state index contributed by atoms with van der Waals surface area (Å²) in [5, 5.41) is 9.18. The van der Waals surface area contributed by atoms with E-state index in [-0.39, 0.29) is 16.6 Å². The summed E-state index contributed by atoms with van der Waals surface area (Å²) < 4.78 is 27.0. The molecule has 1 aromatic rings. The Hall–Kier alpha value is -1.71. The third kappa shape index (κ3) is 3.44. The summed E-state index contributed by atoms with van der Waals surface area (Å²) in [4.78, 5) is 11.3. The summed E-state index contributed by atoms with van der Waals surface area (Å²) in [7, 11) is -3.86. The van der Waals surface area contributed by atoms with E-state index in [4.69, 9.17) is 0 Å². The van der Waals surface area contributed by atoms with Crippen LogP contribution < -0.4 is 4.72 Å². The van der Waals surface area contributed by atoms with E-state index in [1.54, 1.807) is 19.9 Å². The molecule has 1 aromatic carbocycles. The predicted molar refractivity (Wildman–Crippen MR) is 75.6 cm³/mol. The van der Waals surface area contributed by atoms with Gasteiger partial charge in [-0.1, -0.05) is 26.0 Å². The van der Waals surface area contributed by atoms with E-state index >= 15 is 0 Å². The Morgan fingerprint density at radius 3 is 2.45 bits per heavy atom. The minimum atomic E-state index is -3.86. The molecule has 1 rings (SSSR count). The van der Waals surface area contributed by atoms with Crippen LogP contribution in [0.4, 0.5) is 0 Å². The van der Waals surface area contributed by atoms with Crippen molar-refractivity contribution in [3.8, 4) is 6.07 Å². The first-order chi connectivity index (χ1) is 9.12. The van der Waals surface area contributed by atoms with Crippen LogP contribution in [-0.2, 0) is 10.0 Å². The zero-order valence-corrected chi connectivity index (χ0v) is 12.8. The first-order valence-electron chi connectivity index (χ1n) is 6.18. The maximum atomic E-state index is 12.3. The highest BCUT2D eigenvalue weighted by Crippen LogP contribution is 2.20. The lowest BCUT2D eigenvalue weighted by molar-refractivity contribution is 0.101. The number of sulfonamides is 1. The summed E-state index contributed by atoms with van der Waals surface area (Å²) in [6, 6.07) is 7.74. The Labute approximate surface area is 119 Å². The van der Waals surface area contributed by atoms with Crippen LogP contribution >= 0.6 is 0 Å². The van der Waals surface area contributed by atoms with Gasteiger partial charge in [-0.3, -0.25) is 4.79 Å². The molecule has 0 radical (unpaired) electrons. The second kappa shape index (κ2) is 5.73. The van der Waals surface area contributed by atoms with Crippen molar-refractivity contribution in [3.63, 3.8) is 0 Å². The van der Waals surface area contributed by atoms with Gasteiger partial charge in [0.1, 0.15) is 5.54 Å². The third-order valence-corrected chi connectivity index (χ3v) is 4.85. The van der Waals surface area contributed by atoms with Gasteiger partial charge in [0.25, 0.3) is 0 Å². The van der Waals surface area contributed by atoms with Crippen LogP contribution in [0.2, 0.25) is 0 Å². The van der Waals surface area contributed by atoms with Crippen LogP contribution in [0.3, 0.4) is 0 Å². The average molecular weight is 294 g/mol. The lowest BCUT2D eigenvalue weighted by Gasteiger charge is -2.26. The number of hydrogen-bond acceptors (Lipinski definition) is 4. The molecule has 5 nitrogen and oxygen atoms in total. The standard InChI is InChI=1S/C14H18N2O3S/c1-10(2)14(4,9-15)16-20(18,19)13-7-5-6-12(8-13)11(3)17/h5-8,10,16H,1-4H3/t14-/m0/s1. The molecule has 0 unspecified atom stereocenters. The number of Topliss-reactive ketones (excluding diaryl/α,β-unsaturated/α-hetero) is 1. The van der Waals surface area contributed by atoms with Crippen molar-refractivity contribution in [3.05, 3.63) is 29.8 Å². The highest BCUT2D eigenvalue weighted by Gasteiger charge is 2.33.